The molecular formula is C3H2ClNS. The molecule has 1 atom stereocenters. The zero-order chi connectivity index (χ0) is 4.41. The van der Waals surface area contributed by atoms with E-state index >= 15 is 0 Å². The Hall–Kier alpha value is 0.310. The zero-order valence-electron chi connectivity index (χ0n) is 2.89. The van der Waals surface area contributed by atoms with E-state index in [1.165, 1.54) is 11.9 Å². The highest BCUT2D eigenvalue weighted by Gasteiger charge is 2.06. The molecule has 1 heterocycles. The van der Waals surface area contributed by atoms with Crippen molar-refractivity contribution in [1.29, 1.82) is 0 Å². The third-order valence-corrected chi connectivity index (χ3v) is 1.35. The van der Waals surface area contributed by atoms with Gasteiger partial charge in [-0.3, -0.25) is 0 Å². The van der Waals surface area contributed by atoms with Crippen LogP contribution in [-0.4, -0.2) is 11.6 Å². The number of hydrogen-bond acceptors (Lipinski definition) is 2. The number of halogens is 1. The van der Waals surface area contributed by atoms with Crippen LogP contribution in [0.25, 0.3) is 0 Å². The van der Waals surface area contributed by atoms with E-state index < -0.39 is 0 Å². The minimum Gasteiger partial charge on any atom is -0.227 e. The molecule has 0 amide bonds. The van der Waals surface area contributed by atoms with E-state index in [1.54, 1.807) is 6.21 Å². The third kappa shape index (κ3) is 0.884. The van der Waals surface area contributed by atoms with Gasteiger partial charge in [0.25, 0.3) is 0 Å². The monoisotopic (exact) mass is 119 g/mol. The fourth-order valence-electron chi connectivity index (χ4n) is 0.195. The Bertz CT molecular complexity index is 73.2. The van der Waals surface area contributed by atoms with Crippen molar-refractivity contribution in [2.24, 2.45) is 4.40 Å². The van der Waals surface area contributed by atoms with Crippen LogP contribution in [0, 0.1) is 5.75 Å². The molecule has 1 unspecified atom stereocenters. The van der Waals surface area contributed by atoms with E-state index in [1.807, 2.05) is 0 Å². The van der Waals surface area contributed by atoms with Gasteiger partial charge in [-0.15, -0.1) is 11.6 Å². The maximum absolute atomic E-state index is 5.43. The molecule has 6 heavy (non-hydrogen) atoms. The fraction of sp³-hybridized carbons (Fsp3) is 0.333. The molecule has 0 aliphatic carbocycles. The Labute approximate surface area is 45.9 Å². The summed E-state index contributed by atoms with van der Waals surface area (Å²) in [4.78, 5) is 0. The molecule has 0 saturated carbocycles. The maximum Gasteiger partial charge on any atom is 0.0987 e. The fourth-order valence-corrected chi connectivity index (χ4v) is 0.843. The van der Waals surface area contributed by atoms with E-state index in [2.05, 4.69) is 10.2 Å². The van der Waals surface area contributed by atoms with Gasteiger partial charge < -0.3 is 0 Å². The van der Waals surface area contributed by atoms with E-state index in [0.29, 0.717) is 0 Å². The van der Waals surface area contributed by atoms with Crippen molar-refractivity contribution >= 4 is 29.8 Å². The highest BCUT2D eigenvalue weighted by atomic mass is 35.5. The first-order valence-electron chi connectivity index (χ1n) is 1.49. The Morgan fingerprint density at radius 3 is 3.00 bits per heavy atom. The summed E-state index contributed by atoms with van der Waals surface area (Å²) in [6.45, 7) is 0. The second-order valence-corrected chi connectivity index (χ2v) is 1.96. The summed E-state index contributed by atoms with van der Waals surface area (Å²) in [6, 6.07) is 0. The van der Waals surface area contributed by atoms with Gasteiger partial charge in [0.1, 0.15) is 0 Å². The summed E-state index contributed by atoms with van der Waals surface area (Å²) in [7, 11) is 0. The average Bonchev–Trinajstić information content (AvgIpc) is 1.86. The minimum absolute atomic E-state index is 0.0602. The average molecular weight is 120 g/mol. The van der Waals surface area contributed by atoms with Crippen LogP contribution in [0.5, 0.6) is 0 Å². The molecule has 0 spiro atoms. The van der Waals surface area contributed by atoms with Gasteiger partial charge in [0.05, 0.1) is 11.1 Å². The number of hydrogen-bond donors (Lipinski definition) is 0. The van der Waals surface area contributed by atoms with Crippen LogP contribution < -0.4 is 0 Å². The molecule has 2 radical (unpaired) electrons. The van der Waals surface area contributed by atoms with Crippen LogP contribution >= 0.6 is 23.5 Å². The van der Waals surface area contributed by atoms with Gasteiger partial charge >= 0.3 is 0 Å². The summed E-state index contributed by atoms with van der Waals surface area (Å²) in [5, 5.41) is -0.0602. The quantitative estimate of drug-likeness (QED) is 0.347. The van der Waals surface area contributed by atoms with Crippen molar-refractivity contribution < 1.29 is 0 Å². The molecular weight excluding hydrogens is 118 g/mol. The molecule has 0 aromatic rings. The maximum atomic E-state index is 5.43. The minimum atomic E-state index is -0.0602. The molecule has 0 aromatic carbocycles. The van der Waals surface area contributed by atoms with Crippen molar-refractivity contribution in [2.75, 3.05) is 0 Å². The third-order valence-electron chi connectivity index (χ3n) is 0.410. The molecule has 0 N–H and O–H groups in total. The van der Waals surface area contributed by atoms with Gasteiger partial charge in [-0.25, -0.2) is 4.40 Å². The molecule has 32 valence electrons. The number of alkyl halides is 1. The van der Waals surface area contributed by atoms with Gasteiger partial charge in [-0.2, -0.15) is 0 Å². The summed E-state index contributed by atoms with van der Waals surface area (Å²) in [5.74, 6) is 2.78. The van der Waals surface area contributed by atoms with E-state index in [0.717, 1.165) is 0 Å². The summed E-state index contributed by atoms with van der Waals surface area (Å²) < 4.78 is 3.71. The molecule has 0 aromatic heterocycles. The molecule has 1 rings (SSSR count). The molecule has 3 heteroatoms. The smallest absolute Gasteiger partial charge is 0.0987 e. The van der Waals surface area contributed by atoms with Crippen LogP contribution in [0.15, 0.2) is 4.40 Å². The van der Waals surface area contributed by atoms with Gasteiger partial charge in [0, 0.05) is 6.21 Å². The first kappa shape index (κ1) is 4.47. The predicted molar refractivity (Wildman–Crippen MR) is 29.0 cm³/mol. The van der Waals surface area contributed by atoms with Crippen LogP contribution in [-0.2, 0) is 0 Å². The van der Waals surface area contributed by atoms with Crippen molar-refractivity contribution in [2.45, 2.75) is 5.38 Å². The predicted octanol–water partition coefficient (Wildman–Crippen LogP) is 1.37. The molecule has 1 aliphatic heterocycles. The van der Waals surface area contributed by atoms with Crippen molar-refractivity contribution in [3.05, 3.63) is 5.75 Å². The molecule has 1 aliphatic rings. The Balaban J connectivity index is 2.38. The standard InChI is InChI=1S/C3H2ClNS/c4-3-1-5-6-2-3/h1,3H. The summed E-state index contributed by atoms with van der Waals surface area (Å²) in [6.07, 6.45) is 1.65. The normalized spacial score (nSPS) is 31.8. The van der Waals surface area contributed by atoms with Crippen LogP contribution in [0.1, 0.15) is 0 Å². The Morgan fingerprint density at radius 1 is 2.00 bits per heavy atom. The first-order valence-corrected chi connectivity index (χ1v) is 2.69. The van der Waals surface area contributed by atoms with E-state index in [4.69, 9.17) is 11.6 Å². The van der Waals surface area contributed by atoms with Gasteiger partial charge in [-0.05, 0) is 11.9 Å². The van der Waals surface area contributed by atoms with Crippen LogP contribution in [0.3, 0.4) is 0 Å². The van der Waals surface area contributed by atoms with Gasteiger partial charge in [-0.1, -0.05) is 0 Å². The zero-order valence-corrected chi connectivity index (χ0v) is 4.46. The second-order valence-electron chi connectivity index (χ2n) is 0.865. The molecule has 0 bridgehead atoms. The first-order chi connectivity index (χ1) is 2.89. The molecule has 1 nitrogen and oxygen atoms in total. The van der Waals surface area contributed by atoms with E-state index in [9.17, 15) is 0 Å². The summed E-state index contributed by atoms with van der Waals surface area (Å²) >= 11 is 6.70. The lowest BCUT2D eigenvalue weighted by Crippen LogP contribution is -1.88. The van der Waals surface area contributed by atoms with Crippen molar-refractivity contribution in [1.82, 2.24) is 0 Å². The van der Waals surface area contributed by atoms with Gasteiger partial charge in [0.2, 0.25) is 0 Å². The lowest BCUT2D eigenvalue weighted by Gasteiger charge is -1.80. The van der Waals surface area contributed by atoms with Gasteiger partial charge in [0.15, 0.2) is 0 Å². The van der Waals surface area contributed by atoms with E-state index in [-0.39, 0.29) is 5.38 Å². The highest BCUT2D eigenvalue weighted by molar-refractivity contribution is 8.00. The molecule has 0 fully saturated rings. The Kier molecular flexibility index (Phi) is 1.37. The number of nitrogens with zero attached hydrogens (tertiary/aromatic N) is 1. The van der Waals surface area contributed by atoms with Crippen LogP contribution in [0.2, 0.25) is 0 Å². The largest absolute Gasteiger partial charge is 0.227 e. The van der Waals surface area contributed by atoms with Crippen molar-refractivity contribution in [3.8, 4) is 0 Å². The SMILES string of the molecule is ClC1[C]SN=C1. The lowest BCUT2D eigenvalue weighted by molar-refractivity contribution is 1.54. The highest BCUT2D eigenvalue weighted by Crippen LogP contribution is 2.19. The number of rotatable bonds is 0. The lowest BCUT2D eigenvalue weighted by atomic mass is 10.5. The second kappa shape index (κ2) is 1.85. The summed E-state index contributed by atoms with van der Waals surface area (Å²) in [5.41, 5.74) is 0. The Morgan fingerprint density at radius 2 is 2.83 bits per heavy atom. The molecule has 0 saturated heterocycles. The van der Waals surface area contributed by atoms with Crippen LogP contribution in [0.4, 0.5) is 0 Å². The topological polar surface area (TPSA) is 12.4 Å². The van der Waals surface area contributed by atoms with Crippen molar-refractivity contribution in [3.63, 3.8) is 0 Å².